The van der Waals surface area contributed by atoms with Crippen LogP contribution in [0.4, 0.5) is 0 Å². The van der Waals surface area contributed by atoms with Gasteiger partial charge in [-0.3, -0.25) is 0 Å². The fourth-order valence-electron chi connectivity index (χ4n) is 1.84. The molecule has 0 spiro atoms. The van der Waals surface area contributed by atoms with Crippen LogP contribution in [-0.4, -0.2) is 22.8 Å². The van der Waals surface area contributed by atoms with E-state index in [2.05, 4.69) is 5.16 Å². The van der Waals surface area contributed by atoms with Crippen LogP contribution in [0.2, 0.25) is 0 Å². The Hall–Kier alpha value is -2.30. The van der Waals surface area contributed by atoms with Gasteiger partial charge in [-0.25, -0.2) is 4.79 Å². The second kappa shape index (κ2) is 4.91. The first-order valence-electron chi connectivity index (χ1n) is 5.45. The van der Waals surface area contributed by atoms with Gasteiger partial charge in [0.15, 0.2) is 12.4 Å². The zero-order valence-corrected chi connectivity index (χ0v) is 10.1. The fourth-order valence-corrected chi connectivity index (χ4v) is 1.84. The molecule has 1 heterocycles. The quantitative estimate of drug-likeness (QED) is 0.898. The van der Waals surface area contributed by atoms with E-state index in [1.165, 1.54) is 6.20 Å². The number of aryl methyl sites for hydroxylation is 2. The molecule has 0 radical (unpaired) electrons. The van der Waals surface area contributed by atoms with E-state index in [0.717, 1.165) is 16.7 Å². The Labute approximate surface area is 104 Å². The summed E-state index contributed by atoms with van der Waals surface area (Å²) in [6.45, 7) is 3.45. The van der Waals surface area contributed by atoms with Crippen LogP contribution in [0.15, 0.2) is 28.9 Å². The molecule has 0 aliphatic rings. The van der Waals surface area contributed by atoms with Crippen LogP contribution in [0, 0.1) is 13.8 Å². The summed E-state index contributed by atoms with van der Waals surface area (Å²) in [7, 11) is 0. The van der Waals surface area contributed by atoms with Gasteiger partial charge < -0.3 is 14.4 Å². The van der Waals surface area contributed by atoms with E-state index in [1.54, 1.807) is 12.1 Å². The van der Waals surface area contributed by atoms with Crippen molar-refractivity contribution in [1.29, 1.82) is 0 Å². The maximum atomic E-state index is 10.6. The van der Waals surface area contributed by atoms with E-state index in [0.29, 0.717) is 11.5 Å². The number of carboxylic acids is 1. The SMILES string of the molecule is Cc1cc(C)c(-c2ccno2)c(OCC(=O)O)c1. The van der Waals surface area contributed by atoms with Crippen molar-refractivity contribution < 1.29 is 19.2 Å². The Morgan fingerprint density at radius 3 is 2.83 bits per heavy atom. The second-order valence-corrected chi connectivity index (χ2v) is 4.01. The monoisotopic (exact) mass is 247 g/mol. The Bertz CT molecular complexity index is 561. The maximum Gasteiger partial charge on any atom is 0.341 e. The number of nitrogens with zero attached hydrogens (tertiary/aromatic N) is 1. The number of rotatable bonds is 4. The summed E-state index contributed by atoms with van der Waals surface area (Å²) in [4.78, 5) is 10.6. The van der Waals surface area contributed by atoms with Crippen molar-refractivity contribution in [3.05, 3.63) is 35.5 Å². The standard InChI is InChI=1S/C13H13NO4/c1-8-5-9(2)13(10-3-4-14-18-10)11(6-8)17-7-12(15)16/h3-6H,7H2,1-2H3,(H,15,16). The predicted molar refractivity (Wildman–Crippen MR) is 64.5 cm³/mol. The lowest BCUT2D eigenvalue weighted by Gasteiger charge is -2.11. The summed E-state index contributed by atoms with van der Waals surface area (Å²) in [5.74, 6) is 0.0391. The Balaban J connectivity index is 2.45. The predicted octanol–water partition coefficient (Wildman–Crippen LogP) is 2.42. The van der Waals surface area contributed by atoms with Gasteiger partial charge >= 0.3 is 5.97 Å². The lowest BCUT2D eigenvalue weighted by molar-refractivity contribution is -0.139. The van der Waals surface area contributed by atoms with Crippen LogP contribution >= 0.6 is 0 Å². The topological polar surface area (TPSA) is 72.6 Å². The van der Waals surface area contributed by atoms with Crippen molar-refractivity contribution in [2.24, 2.45) is 0 Å². The van der Waals surface area contributed by atoms with Gasteiger partial charge in [0, 0.05) is 6.07 Å². The van der Waals surface area contributed by atoms with Gasteiger partial charge in [-0.2, -0.15) is 0 Å². The van der Waals surface area contributed by atoms with E-state index in [1.807, 2.05) is 19.9 Å². The van der Waals surface area contributed by atoms with Gasteiger partial charge in [0.1, 0.15) is 5.75 Å². The number of ether oxygens (including phenoxy) is 1. The number of carboxylic acid groups (broad SMARTS) is 1. The first kappa shape index (κ1) is 12.2. The van der Waals surface area contributed by atoms with Crippen molar-refractivity contribution in [1.82, 2.24) is 5.16 Å². The van der Waals surface area contributed by atoms with Gasteiger partial charge in [0.2, 0.25) is 0 Å². The van der Waals surface area contributed by atoms with E-state index >= 15 is 0 Å². The van der Waals surface area contributed by atoms with Crippen molar-refractivity contribution in [2.45, 2.75) is 13.8 Å². The summed E-state index contributed by atoms with van der Waals surface area (Å²) in [5.41, 5.74) is 2.68. The van der Waals surface area contributed by atoms with Crippen LogP contribution in [0.1, 0.15) is 11.1 Å². The maximum absolute atomic E-state index is 10.6. The number of hydrogen-bond acceptors (Lipinski definition) is 4. The van der Waals surface area contributed by atoms with Crippen molar-refractivity contribution in [3.63, 3.8) is 0 Å². The first-order valence-corrected chi connectivity index (χ1v) is 5.45. The molecule has 5 heteroatoms. The number of hydrogen-bond donors (Lipinski definition) is 1. The molecule has 18 heavy (non-hydrogen) atoms. The number of aliphatic carboxylic acids is 1. The van der Waals surface area contributed by atoms with Gasteiger partial charge in [-0.1, -0.05) is 11.2 Å². The summed E-state index contributed by atoms with van der Waals surface area (Å²) < 4.78 is 10.4. The minimum Gasteiger partial charge on any atom is -0.481 e. The average Bonchev–Trinajstić information content (AvgIpc) is 2.78. The Morgan fingerprint density at radius 2 is 2.22 bits per heavy atom. The van der Waals surface area contributed by atoms with Crippen molar-refractivity contribution >= 4 is 5.97 Å². The molecule has 0 bridgehead atoms. The molecular formula is C13H13NO4. The number of carbonyl (C=O) groups is 1. The van der Waals surface area contributed by atoms with Crippen LogP contribution in [0.5, 0.6) is 5.75 Å². The molecule has 1 aromatic carbocycles. The third kappa shape index (κ3) is 2.51. The van der Waals surface area contributed by atoms with Crippen LogP contribution < -0.4 is 4.74 Å². The van der Waals surface area contributed by atoms with Crippen LogP contribution in [0.25, 0.3) is 11.3 Å². The highest BCUT2D eigenvalue weighted by Crippen LogP contribution is 2.34. The van der Waals surface area contributed by atoms with E-state index in [4.69, 9.17) is 14.4 Å². The lowest BCUT2D eigenvalue weighted by atomic mass is 10.0. The number of aromatic nitrogens is 1. The summed E-state index contributed by atoms with van der Waals surface area (Å²) >= 11 is 0. The highest BCUT2D eigenvalue weighted by Gasteiger charge is 2.14. The van der Waals surface area contributed by atoms with Gasteiger partial charge in [0.05, 0.1) is 11.8 Å². The molecule has 2 rings (SSSR count). The van der Waals surface area contributed by atoms with Crippen LogP contribution in [0.3, 0.4) is 0 Å². The Morgan fingerprint density at radius 1 is 1.44 bits per heavy atom. The molecule has 1 N–H and O–H groups in total. The summed E-state index contributed by atoms with van der Waals surface area (Å²) in [5, 5.41) is 12.3. The highest BCUT2D eigenvalue weighted by molar-refractivity contribution is 5.72. The van der Waals surface area contributed by atoms with Crippen LogP contribution in [-0.2, 0) is 4.79 Å². The minimum atomic E-state index is -1.02. The van der Waals surface area contributed by atoms with E-state index in [9.17, 15) is 4.79 Å². The van der Waals surface area contributed by atoms with Gasteiger partial charge in [0.25, 0.3) is 0 Å². The molecule has 0 aliphatic heterocycles. The normalized spacial score (nSPS) is 10.3. The zero-order chi connectivity index (χ0) is 13.1. The lowest BCUT2D eigenvalue weighted by Crippen LogP contribution is -2.10. The third-order valence-corrected chi connectivity index (χ3v) is 2.48. The van der Waals surface area contributed by atoms with Crippen molar-refractivity contribution in [2.75, 3.05) is 6.61 Å². The number of benzene rings is 1. The second-order valence-electron chi connectivity index (χ2n) is 4.01. The molecule has 0 aliphatic carbocycles. The minimum absolute atomic E-state index is 0.385. The van der Waals surface area contributed by atoms with Gasteiger partial charge in [-0.15, -0.1) is 0 Å². The van der Waals surface area contributed by atoms with E-state index < -0.39 is 5.97 Å². The molecule has 0 atom stereocenters. The van der Waals surface area contributed by atoms with Gasteiger partial charge in [-0.05, 0) is 31.0 Å². The average molecular weight is 247 g/mol. The fraction of sp³-hybridized carbons (Fsp3) is 0.231. The molecular weight excluding hydrogens is 234 g/mol. The molecule has 1 aromatic heterocycles. The Kier molecular flexibility index (Phi) is 3.32. The smallest absolute Gasteiger partial charge is 0.341 e. The molecule has 5 nitrogen and oxygen atoms in total. The molecule has 0 amide bonds. The van der Waals surface area contributed by atoms with E-state index in [-0.39, 0.29) is 6.61 Å². The van der Waals surface area contributed by atoms with Crippen molar-refractivity contribution in [3.8, 4) is 17.1 Å². The highest BCUT2D eigenvalue weighted by atomic mass is 16.5. The summed E-state index contributed by atoms with van der Waals surface area (Å²) in [6, 6.07) is 5.48. The zero-order valence-electron chi connectivity index (χ0n) is 10.1. The summed E-state index contributed by atoms with van der Waals surface area (Å²) in [6.07, 6.45) is 1.54. The molecule has 0 saturated heterocycles. The molecule has 0 fully saturated rings. The largest absolute Gasteiger partial charge is 0.481 e. The molecule has 0 saturated carbocycles. The molecule has 94 valence electrons. The molecule has 2 aromatic rings. The molecule has 0 unspecified atom stereocenters. The first-order chi connectivity index (χ1) is 8.58. The third-order valence-electron chi connectivity index (χ3n) is 2.48.